The average Bonchev–Trinajstić information content (AvgIpc) is 1.35. The highest BCUT2D eigenvalue weighted by Gasteiger charge is 1.90. The Morgan fingerprint density at radius 3 is 2.33 bits per heavy atom. The molecule has 0 bridgehead atoms. The lowest BCUT2D eigenvalue weighted by molar-refractivity contribution is 0.0865. The third kappa shape index (κ3) is 3.92. The first-order chi connectivity index (χ1) is 2.77. The summed E-state index contributed by atoms with van der Waals surface area (Å²) in [5.41, 5.74) is 4.85. The van der Waals surface area contributed by atoms with Crippen LogP contribution in [0.5, 0.6) is 0 Å². The van der Waals surface area contributed by atoms with E-state index in [2.05, 4.69) is 0 Å². The van der Waals surface area contributed by atoms with Crippen LogP contribution in [0.3, 0.4) is 0 Å². The Hall–Kier alpha value is -0.0800. The van der Waals surface area contributed by atoms with Crippen LogP contribution in [0.25, 0.3) is 0 Å². The van der Waals surface area contributed by atoms with Crippen molar-refractivity contribution in [3.63, 3.8) is 0 Å². The summed E-state index contributed by atoms with van der Waals surface area (Å²) in [6.07, 6.45) is 0.639. The Balaban J connectivity index is 2.63. The quantitative estimate of drug-likeness (QED) is 0.491. The standard InChI is InChI=1S/C4H10NO/c1-2-3-4(5)6/h4H,2-3,5H2,1H3. The molecule has 37 valence electrons. The molecule has 6 heavy (non-hydrogen) atoms. The van der Waals surface area contributed by atoms with Crippen molar-refractivity contribution in [2.45, 2.75) is 26.0 Å². The van der Waals surface area contributed by atoms with E-state index in [1.807, 2.05) is 6.92 Å². The van der Waals surface area contributed by atoms with Crippen LogP contribution in [0.4, 0.5) is 0 Å². The molecule has 1 radical (unpaired) electrons. The van der Waals surface area contributed by atoms with Crippen molar-refractivity contribution < 1.29 is 5.11 Å². The highest BCUT2D eigenvalue weighted by atomic mass is 16.3. The van der Waals surface area contributed by atoms with E-state index in [1.54, 1.807) is 0 Å². The third-order valence-electron chi connectivity index (χ3n) is 0.573. The molecule has 0 saturated heterocycles. The lowest BCUT2D eigenvalue weighted by atomic mass is 10.3. The topological polar surface area (TPSA) is 45.9 Å². The normalized spacial score (nSPS) is 14.5. The van der Waals surface area contributed by atoms with Gasteiger partial charge in [-0.25, -0.2) is 5.11 Å². The summed E-state index contributed by atoms with van der Waals surface area (Å²) in [4.78, 5) is 0. The first-order valence-corrected chi connectivity index (χ1v) is 2.18. The lowest BCUT2D eigenvalue weighted by Gasteiger charge is -1.92. The van der Waals surface area contributed by atoms with E-state index in [4.69, 9.17) is 5.73 Å². The highest BCUT2D eigenvalue weighted by Crippen LogP contribution is 1.86. The molecule has 0 heterocycles. The Morgan fingerprint density at radius 1 is 1.83 bits per heavy atom. The SMILES string of the molecule is CCCC(N)[O]. The van der Waals surface area contributed by atoms with E-state index in [9.17, 15) is 5.11 Å². The lowest BCUT2D eigenvalue weighted by Crippen LogP contribution is -2.15. The summed E-state index contributed by atoms with van der Waals surface area (Å²) in [5.74, 6) is 0. The summed E-state index contributed by atoms with van der Waals surface area (Å²) in [6, 6.07) is 0. The van der Waals surface area contributed by atoms with Gasteiger partial charge in [-0.15, -0.1) is 0 Å². The second-order valence-corrected chi connectivity index (χ2v) is 1.33. The fraction of sp³-hybridized carbons (Fsp3) is 1.00. The van der Waals surface area contributed by atoms with Gasteiger partial charge in [-0.05, 0) is 6.42 Å². The van der Waals surface area contributed by atoms with Crippen molar-refractivity contribution in [2.75, 3.05) is 0 Å². The van der Waals surface area contributed by atoms with Gasteiger partial charge in [0.05, 0.1) is 0 Å². The van der Waals surface area contributed by atoms with Gasteiger partial charge in [0.25, 0.3) is 0 Å². The van der Waals surface area contributed by atoms with E-state index < -0.39 is 6.23 Å². The number of nitrogens with two attached hydrogens (primary N) is 1. The van der Waals surface area contributed by atoms with Gasteiger partial charge in [-0.2, -0.15) is 0 Å². The Labute approximate surface area is 38.0 Å². The molecule has 0 aromatic carbocycles. The van der Waals surface area contributed by atoms with Gasteiger partial charge in [0.2, 0.25) is 0 Å². The zero-order valence-corrected chi connectivity index (χ0v) is 3.98. The van der Waals surface area contributed by atoms with Crippen molar-refractivity contribution in [3.05, 3.63) is 0 Å². The molecular weight excluding hydrogens is 78.0 g/mol. The van der Waals surface area contributed by atoms with Crippen LogP contribution >= 0.6 is 0 Å². The van der Waals surface area contributed by atoms with Gasteiger partial charge in [-0.1, -0.05) is 13.3 Å². The number of hydrogen-bond donors (Lipinski definition) is 1. The summed E-state index contributed by atoms with van der Waals surface area (Å²) in [6.45, 7) is 1.94. The molecule has 0 aliphatic carbocycles. The molecule has 1 atom stereocenters. The largest absolute Gasteiger partial charge is 0.303 e. The molecule has 0 spiro atoms. The Morgan fingerprint density at radius 2 is 2.33 bits per heavy atom. The predicted octanol–water partition coefficient (Wildman–Crippen LogP) is 0.502. The second-order valence-electron chi connectivity index (χ2n) is 1.33. The van der Waals surface area contributed by atoms with E-state index in [0.717, 1.165) is 6.42 Å². The van der Waals surface area contributed by atoms with Crippen LogP contribution in [0.2, 0.25) is 0 Å². The number of hydrogen-bond acceptors (Lipinski definition) is 1. The van der Waals surface area contributed by atoms with Crippen LogP contribution in [-0.2, 0) is 5.11 Å². The second kappa shape index (κ2) is 3.12. The molecule has 0 amide bonds. The summed E-state index contributed by atoms with van der Waals surface area (Å²) >= 11 is 0. The monoisotopic (exact) mass is 88.1 g/mol. The zero-order chi connectivity index (χ0) is 4.99. The summed E-state index contributed by atoms with van der Waals surface area (Å²) in [5, 5.41) is 9.90. The Kier molecular flexibility index (Phi) is 3.08. The zero-order valence-electron chi connectivity index (χ0n) is 3.98. The molecule has 0 aliphatic heterocycles. The fourth-order valence-electron chi connectivity index (χ4n) is 0.285. The highest BCUT2D eigenvalue weighted by molar-refractivity contribution is 4.37. The minimum Gasteiger partial charge on any atom is -0.303 e. The maximum atomic E-state index is 9.90. The Bertz CT molecular complexity index is 28.7. The van der Waals surface area contributed by atoms with Gasteiger partial charge < -0.3 is 5.73 Å². The van der Waals surface area contributed by atoms with Crippen molar-refractivity contribution in [2.24, 2.45) is 5.73 Å². The molecule has 0 rings (SSSR count). The summed E-state index contributed by atoms with van der Waals surface area (Å²) in [7, 11) is 0. The first-order valence-electron chi connectivity index (χ1n) is 2.18. The minimum atomic E-state index is -0.852. The van der Waals surface area contributed by atoms with E-state index in [-0.39, 0.29) is 0 Å². The predicted molar refractivity (Wildman–Crippen MR) is 23.6 cm³/mol. The molecule has 2 heteroatoms. The van der Waals surface area contributed by atoms with Crippen LogP contribution in [0.1, 0.15) is 19.8 Å². The van der Waals surface area contributed by atoms with Gasteiger partial charge in [0.1, 0.15) is 6.23 Å². The maximum Gasteiger partial charge on any atom is 0.141 e. The summed E-state index contributed by atoms with van der Waals surface area (Å²) < 4.78 is 0. The molecule has 0 aliphatic rings. The maximum absolute atomic E-state index is 9.90. The van der Waals surface area contributed by atoms with Crippen molar-refractivity contribution in [3.8, 4) is 0 Å². The molecule has 0 aromatic heterocycles. The van der Waals surface area contributed by atoms with Gasteiger partial charge in [0.15, 0.2) is 0 Å². The fourth-order valence-corrected chi connectivity index (χ4v) is 0.285. The van der Waals surface area contributed by atoms with Crippen LogP contribution in [0, 0.1) is 0 Å². The minimum absolute atomic E-state index is 0.597. The van der Waals surface area contributed by atoms with Crippen molar-refractivity contribution in [1.82, 2.24) is 0 Å². The van der Waals surface area contributed by atoms with Crippen LogP contribution < -0.4 is 5.73 Å². The molecule has 2 N–H and O–H groups in total. The van der Waals surface area contributed by atoms with E-state index in [0.29, 0.717) is 6.42 Å². The van der Waals surface area contributed by atoms with E-state index >= 15 is 0 Å². The van der Waals surface area contributed by atoms with Gasteiger partial charge >= 0.3 is 0 Å². The average molecular weight is 88.1 g/mol. The molecular formula is C4H10NO. The van der Waals surface area contributed by atoms with Gasteiger partial charge in [0, 0.05) is 0 Å². The smallest absolute Gasteiger partial charge is 0.141 e. The molecule has 2 nitrogen and oxygen atoms in total. The van der Waals surface area contributed by atoms with Gasteiger partial charge in [-0.3, -0.25) is 0 Å². The van der Waals surface area contributed by atoms with Crippen LogP contribution in [0.15, 0.2) is 0 Å². The van der Waals surface area contributed by atoms with E-state index in [1.165, 1.54) is 0 Å². The molecule has 0 aromatic rings. The van der Waals surface area contributed by atoms with Crippen LogP contribution in [-0.4, -0.2) is 6.23 Å². The third-order valence-corrected chi connectivity index (χ3v) is 0.573. The van der Waals surface area contributed by atoms with Crippen molar-refractivity contribution in [1.29, 1.82) is 0 Å². The first kappa shape index (κ1) is 5.92. The molecule has 0 fully saturated rings. The number of rotatable bonds is 2. The molecule has 0 saturated carbocycles. The molecule has 1 unspecified atom stereocenters. The van der Waals surface area contributed by atoms with Crippen molar-refractivity contribution >= 4 is 0 Å².